The SMILES string of the molecule is CCCCn1c(SCc2nc(N)nc(Nc3ccccc3OC)n2)nc2ccccc2c1=O. The average Bonchev–Trinajstić information content (AvgIpc) is 2.82. The third-order valence-corrected chi connectivity index (χ3v) is 5.92. The van der Waals surface area contributed by atoms with Crippen LogP contribution in [0.4, 0.5) is 17.6 Å². The minimum atomic E-state index is -0.0368. The molecule has 0 saturated heterocycles. The van der Waals surface area contributed by atoms with Crippen LogP contribution in [0.25, 0.3) is 10.9 Å². The number of methoxy groups -OCH3 is 1. The highest BCUT2D eigenvalue weighted by atomic mass is 32.2. The monoisotopic (exact) mass is 463 g/mol. The molecule has 170 valence electrons. The van der Waals surface area contributed by atoms with E-state index in [9.17, 15) is 4.79 Å². The summed E-state index contributed by atoms with van der Waals surface area (Å²) in [5.74, 6) is 1.94. The number of nitrogen functional groups attached to an aromatic ring is 1. The van der Waals surface area contributed by atoms with E-state index in [-0.39, 0.29) is 11.5 Å². The van der Waals surface area contributed by atoms with Gasteiger partial charge in [0, 0.05) is 6.54 Å². The quantitative estimate of drug-likeness (QED) is 0.280. The van der Waals surface area contributed by atoms with Crippen LogP contribution in [0.15, 0.2) is 58.5 Å². The van der Waals surface area contributed by atoms with Crippen LogP contribution in [0.1, 0.15) is 25.6 Å². The van der Waals surface area contributed by atoms with Gasteiger partial charge in [-0.05, 0) is 30.7 Å². The van der Waals surface area contributed by atoms with Gasteiger partial charge < -0.3 is 15.8 Å². The van der Waals surface area contributed by atoms with Crippen molar-refractivity contribution in [2.75, 3.05) is 18.2 Å². The maximum Gasteiger partial charge on any atom is 0.262 e. The third-order valence-electron chi connectivity index (χ3n) is 4.94. The molecule has 0 atom stereocenters. The largest absolute Gasteiger partial charge is 0.495 e. The Morgan fingerprint density at radius 1 is 1.06 bits per heavy atom. The van der Waals surface area contributed by atoms with Crippen LogP contribution in [0.2, 0.25) is 0 Å². The van der Waals surface area contributed by atoms with Crippen molar-refractivity contribution in [1.29, 1.82) is 0 Å². The number of unbranched alkanes of at least 4 members (excludes halogenated alkanes) is 1. The second-order valence-electron chi connectivity index (χ2n) is 7.27. The van der Waals surface area contributed by atoms with Crippen molar-refractivity contribution in [3.8, 4) is 5.75 Å². The van der Waals surface area contributed by atoms with Gasteiger partial charge in [0.1, 0.15) is 11.6 Å². The van der Waals surface area contributed by atoms with Crippen LogP contribution in [-0.4, -0.2) is 31.6 Å². The number of rotatable bonds is 9. The standard InChI is InChI=1S/C23H25N7O2S/c1-3-4-13-30-20(31)15-9-5-6-10-16(15)26-23(30)33-14-19-27-21(24)29-22(28-19)25-17-11-7-8-12-18(17)32-2/h5-12H,3-4,13-14H2,1-2H3,(H3,24,25,27,28,29). The minimum absolute atomic E-state index is 0.0368. The number of aromatic nitrogens is 5. The van der Waals surface area contributed by atoms with Crippen molar-refractivity contribution in [3.63, 3.8) is 0 Å². The number of fused-ring (bicyclic) bond motifs is 1. The predicted octanol–water partition coefficient (Wildman–Crippen LogP) is 4.01. The molecular weight excluding hydrogens is 438 g/mol. The van der Waals surface area contributed by atoms with E-state index in [2.05, 4.69) is 27.2 Å². The molecule has 2 aromatic heterocycles. The molecule has 33 heavy (non-hydrogen) atoms. The van der Waals surface area contributed by atoms with Gasteiger partial charge in [-0.15, -0.1) is 0 Å². The second kappa shape index (κ2) is 10.3. The molecule has 0 aliphatic heterocycles. The molecule has 2 heterocycles. The number of ether oxygens (including phenoxy) is 1. The zero-order chi connectivity index (χ0) is 23.2. The van der Waals surface area contributed by atoms with Crippen molar-refractivity contribution < 1.29 is 4.74 Å². The van der Waals surface area contributed by atoms with Crippen LogP contribution in [0, 0.1) is 0 Å². The van der Waals surface area contributed by atoms with Gasteiger partial charge >= 0.3 is 0 Å². The summed E-state index contributed by atoms with van der Waals surface area (Å²) in [6, 6.07) is 14.8. The van der Waals surface area contributed by atoms with Crippen molar-refractivity contribution in [2.45, 2.75) is 37.2 Å². The zero-order valence-corrected chi connectivity index (χ0v) is 19.3. The lowest BCUT2D eigenvalue weighted by Crippen LogP contribution is -2.23. The molecule has 0 spiro atoms. The molecule has 4 aromatic rings. The molecule has 0 bridgehead atoms. The number of nitrogens with two attached hydrogens (primary N) is 1. The Kier molecular flexibility index (Phi) is 7.04. The molecule has 0 radical (unpaired) electrons. The van der Waals surface area contributed by atoms with Crippen molar-refractivity contribution >= 4 is 40.2 Å². The first-order valence-corrected chi connectivity index (χ1v) is 11.6. The average molecular weight is 464 g/mol. The summed E-state index contributed by atoms with van der Waals surface area (Å²) < 4.78 is 7.10. The smallest absolute Gasteiger partial charge is 0.262 e. The van der Waals surface area contributed by atoms with Crippen molar-refractivity contribution in [2.24, 2.45) is 0 Å². The number of benzene rings is 2. The van der Waals surface area contributed by atoms with Crippen LogP contribution in [0.5, 0.6) is 5.75 Å². The predicted molar refractivity (Wildman–Crippen MR) is 131 cm³/mol. The number of nitrogens with zero attached hydrogens (tertiary/aromatic N) is 5. The maximum absolute atomic E-state index is 13.1. The summed E-state index contributed by atoms with van der Waals surface area (Å²) in [7, 11) is 1.60. The lowest BCUT2D eigenvalue weighted by Gasteiger charge is -2.13. The van der Waals surface area contributed by atoms with Gasteiger partial charge in [0.2, 0.25) is 11.9 Å². The lowest BCUT2D eigenvalue weighted by molar-refractivity contribution is 0.417. The summed E-state index contributed by atoms with van der Waals surface area (Å²) in [4.78, 5) is 30.7. The molecule has 3 N–H and O–H groups in total. The molecule has 0 fully saturated rings. The Balaban J connectivity index is 1.61. The molecule has 0 aliphatic rings. The summed E-state index contributed by atoms with van der Waals surface area (Å²) in [6.45, 7) is 2.70. The molecule has 10 heteroatoms. The third kappa shape index (κ3) is 5.23. The summed E-state index contributed by atoms with van der Waals surface area (Å²) in [6.07, 6.45) is 1.87. The Hall–Kier alpha value is -3.66. The molecule has 0 amide bonds. The molecule has 2 aromatic carbocycles. The molecule has 0 aliphatic carbocycles. The van der Waals surface area contributed by atoms with E-state index in [1.807, 2.05) is 48.5 Å². The summed E-state index contributed by atoms with van der Waals surface area (Å²) >= 11 is 1.40. The first kappa shape index (κ1) is 22.5. The van der Waals surface area contributed by atoms with Crippen molar-refractivity contribution in [1.82, 2.24) is 24.5 Å². The lowest BCUT2D eigenvalue weighted by atomic mass is 10.2. The molecule has 0 unspecified atom stereocenters. The van der Waals surface area contributed by atoms with E-state index in [4.69, 9.17) is 15.5 Å². The molecule has 9 nitrogen and oxygen atoms in total. The first-order chi connectivity index (χ1) is 16.1. The van der Waals surface area contributed by atoms with Gasteiger partial charge in [0.25, 0.3) is 5.56 Å². The number of anilines is 3. The molecule has 4 rings (SSSR count). The minimum Gasteiger partial charge on any atom is -0.495 e. The fraction of sp³-hybridized carbons (Fsp3) is 0.261. The van der Waals surface area contributed by atoms with Crippen LogP contribution in [0.3, 0.4) is 0 Å². The highest BCUT2D eigenvalue weighted by molar-refractivity contribution is 7.98. The van der Waals surface area contributed by atoms with Crippen LogP contribution in [-0.2, 0) is 12.3 Å². The number of nitrogens with one attached hydrogen (secondary N) is 1. The molecule has 0 saturated carbocycles. The maximum atomic E-state index is 13.1. The number of para-hydroxylation sites is 3. The molecular formula is C23H25N7O2S. The van der Waals surface area contributed by atoms with Gasteiger partial charge in [0.05, 0.1) is 29.5 Å². The first-order valence-electron chi connectivity index (χ1n) is 10.6. The van der Waals surface area contributed by atoms with E-state index in [1.165, 1.54) is 11.8 Å². The van der Waals surface area contributed by atoms with Gasteiger partial charge in [-0.3, -0.25) is 9.36 Å². The van der Waals surface area contributed by atoms with E-state index in [0.717, 1.165) is 12.8 Å². The van der Waals surface area contributed by atoms with E-state index >= 15 is 0 Å². The van der Waals surface area contributed by atoms with E-state index in [0.29, 0.717) is 51.6 Å². The zero-order valence-electron chi connectivity index (χ0n) is 18.5. The van der Waals surface area contributed by atoms with Gasteiger partial charge in [0.15, 0.2) is 5.16 Å². The van der Waals surface area contributed by atoms with Crippen LogP contribution < -0.4 is 21.3 Å². The van der Waals surface area contributed by atoms with Gasteiger partial charge in [-0.2, -0.15) is 15.0 Å². The Bertz CT molecular complexity index is 1330. The highest BCUT2D eigenvalue weighted by Crippen LogP contribution is 2.26. The van der Waals surface area contributed by atoms with Crippen molar-refractivity contribution in [3.05, 3.63) is 64.7 Å². The Morgan fingerprint density at radius 2 is 1.85 bits per heavy atom. The Labute approximate surface area is 195 Å². The topological polar surface area (TPSA) is 121 Å². The summed E-state index contributed by atoms with van der Waals surface area (Å²) in [5, 5.41) is 4.37. The van der Waals surface area contributed by atoms with Crippen LogP contribution >= 0.6 is 11.8 Å². The number of hydrogen-bond donors (Lipinski definition) is 2. The second-order valence-corrected chi connectivity index (χ2v) is 8.21. The summed E-state index contributed by atoms with van der Waals surface area (Å²) in [5.41, 5.74) is 7.29. The van der Waals surface area contributed by atoms with Gasteiger partial charge in [-0.1, -0.05) is 49.4 Å². The van der Waals surface area contributed by atoms with Gasteiger partial charge in [-0.25, -0.2) is 4.98 Å². The van der Waals surface area contributed by atoms with E-state index < -0.39 is 0 Å². The highest BCUT2D eigenvalue weighted by Gasteiger charge is 2.13. The fourth-order valence-corrected chi connectivity index (χ4v) is 4.21. The normalized spacial score (nSPS) is 11.0. The Morgan fingerprint density at radius 3 is 2.67 bits per heavy atom. The van der Waals surface area contributed by atoms with E-state index in [1.54, 1.807) is 11.7 Å². The fourth-order valence-electron chi connectivity index (χ4n) is 3.33. The number of thioether (sulfide) groups is 1. The number of hydrogen-bond acceptors (Lipinski definition) is 9.